The second kappa shape index (κ2) is 7.49. The van der Waals surface area contributed by atoms with Crippen LogP contribution in [0.3, 0.4) is 0 Å². The van der Waals surface area contributed by atoms with Gasteiger partial charge in [-0.1, -0.05) is 31.0 Å². The molecule has 1 aliphatic rings. The standard InChI is InChI=1S/C18H20N4O3S/c1-24-14-7-8-15-12(9-17(23)25-16(15)10-14)11-26-18-19-20-21-22(18)13-5-3-2-4-6-13/h7-10,13H,2-6,11H2,1H3. The van der Waals surface area contributed by atoms with E-state index in [1.54, 1.807) is 24.9 Å². The smallest absolute Gasteiger partial charge is 0.336 e. The molecule has 4 rings (SSSR count). The molecule has 2 aromatic heterocycles. The third-order valence-corrected chi connectivity index (χ3v) is 5.76. The van der Waals surface area contributed by atoms with Gasteiger partial charge in [0, 0.05) is 23.3 Å². The van der Waals surface area contributed by atoms with Crippen molar-refractivity contribution in [2.24, 2.45) is 0 Å². The highest BCUT2D eigenvalue weighted by atomic mass is 32.2. The molecular weight excluding hydrogens is 352 g/mol. The van der Waals surface area contributed by atoms with Crippen LogP contribution < -0.4 is 10.4 Å². The summed E-state index contributed by atoms with van der Waals surface area (Å²) in [5.41, 5.74) is 1.06. The van der Waals surface area contributed by atoms with Gasteiger partial charge in [-0.15, -0.1) is 5.10 Å². The zero-order chi connectivity index (χ0) is 17.9. The van der Waals surface area contributed by atoms with Gasteiger partial charge in [0.2, 0.25) is 5.16 Å². The van der Waals surface area contributed by atoms with Crippen molar-refractivity contribution in [1.29, 1.82) is 0 Å². The van der Waals surface area contributed by atoms with Crippen molar-refractivity contribution in [3.05, 3.63) is 40.2 Å². The van der Waals surface area contributed by atoms with E-state index in [1.165, 1.54) is 25.3 Å². The van der Waals surface area contributed by atoms with Crippen LogP contribution in [-0.4, -0.2) is 27.3 Å². The zero-order valence-electron chi connectivity index (χ0n) is 14.6. The number of rotatable bonds is 5. The van der Waals surface area contributed by atoms with E-state index in [9.17, 15) is 4.79 Å². The van der Waals surface area contributed by atoms with Gasteiger partial charge in [0.15, 0.2) is 0 Å². The molecule has 0 radical (unpaired) electrons. The number of hydrogen-bond donors (Lipinski definition) is 0. The van der Waals surface area contributed by atoms with Gasteiger partial charge in [0.1, 0.15) is 11.3 Å². The lowest BCUT2D eigenvalue weighted by atomic mass is 9.96. The summed E-state index contributed by atoms with van der Waals surface area (Å²) in [5.74, 6) is 1.26. The molecule has 8 heteroatoms. The largest absolute Gasteiger partial charge is 0.497 e. The Labute approximate surface area is 154 Å². The predicted octanol–water partition coefficient (Wildman–Crippen LogP) is 3.59. The summed E-state index contributed by atoms with van der Waals surface area (Å²) in [6, 6.07) is 7.43. The fraction of sp³-hybridized carbons (Fsp3) is 0.444. The maximum Gasteiger partial charge on any atom is 0.336 e. The lowest BCUT2D eigenvalue weighted by Crippen LogP contribution is -2.15. The Morgan fingerprint density at radius 2 is 2.12 bits per heavy atom. The number of ether oxygens (including phenoxy) is 1. The lowest BCUT2D eigenvalue weighted by molar-refractivity contribution is 0.307. The molecule has 0 atom stereocenters. The summed E-state index contributed by atoms with van der Waals surface area (Å²) in [4.78, 5) is 11.9. The number of aromatic nitrogens is 4. The second-order valence-electron chi connectivity index (χ2n) is 6.44. The molecule has 1 fully saturated rings. The lowest BCUT2D eigenvalue weighted by Gasteiger charge is -2.22. The van der Waals surface area contributed by atoms with Crippen molar-refractivity contribution in [3.63, 3.8) is 0 Å². The maximum atomic E-state index is 11.9. The van der Waals surface area contributed by atoms with E-state index < -0.39 is 0 Å². The number of hydrogen-bond acceptors (Lipinski definition) is 7. The molecule has 7 nitrogen and oxygen atoms in total. The summed E-state index contributed by atoms with van der Waals surface area (Å²) < 4.78 is 12.5. The molecule has 0 amide bonds. The molecule has 1 saturated carbocycles. The summed E-state index contributed by atoms with van der Waals surface area (Å²) in [6.45, 7) is 0. The van der Waals surface area contributed by atoms with Crippen LogP contribution in [0.25, 0.3) is 11.0 Å². The van der Waals surface area contributed by atoms with E-state index in [2.05, 4.69) is 15.5 Å². The molecule has 136 valence electrons. The minimum Gasteiger partial charge on any atom is -0.497 e. The third-order valence-electron chi connectivity index (χ3n) is 4.78. The van der Waals surface area contributed by atoms with Gasteiger partial charge in [0.25, 0.3) is 0 Å². The highest BCUT2D eigenvalue weighted by Crippen LogP contribution is 2.32. The third kappa shape index (κ3) is 3.46. The van der Waals surface area contributed by atoms with Crippen LogP contribution in [0.1, 0.15) is 43.7 Å². The molecule has 0 saturated heterocycles. The molecule has 0 aliphatic heterocycles. The first-order chi connectivity index (χ1) is 12.7. The van der Waals surface area contributed by atoms with Crippen molar-refractivity contribution >= 4 is 22.7 Å². The zero-order valence-corrected chi connectivity index (χ0v) is 15.4. The van der Waals surface area contributed by atoms with Gasteiger partial charge in [-0.05, 0) is 41.0 Å². The van der Waals surface area contributed by atoms with E-state index in [-0.39, 0.29) is 5.63 Å². The number of nitrogens with zero attached hydrogens (tertiary/aromatic N) is 4. The molecule has 26 heavy (non-hydrogen) atoms. The SMILES string of the molecule is COc1ccc2c(CSc3nnnn3C3CCCCC3)cc(=O)oc2c1. The van der Waals surface area contributed by atoms with Crippen LogP contribution >= 0.6 is 11.8 Å². The van der Waals surface area contributed by atoms with E-state index >= 15 is 0 Å². The summed E-state index contributed by atoms with van der Waals surface area (Å²) in [5, 5.41) is 13.9. The number of methoxy groups -OCH3 is 1. The highest BCUT2D eigenvalue weighted by molar-refractivity contribution is 7.98. The number of thioether (sulfide) groups is 1. The normalized spacial score (nSPS) is 15.4. The Balaban J connectivity index is 1.59. The van der Waals surface area contributed by atoms with Crippen LogP contribution in [-0.2, 0) is 5.75 Å². The van der Waals surface area contributed by atoms with Gasteiger partial charge in [-0.25, -0.2) is 9.48 Å². The van der Waals surface area contributed by atoms with Gasteiger partial charge in [-0.3, -0.25) is 0 Å². The summed E-state index contributed by atoms with van der Waals surface area (Å²) in [6.07, 6.45) is 5.98. The van der Waals surface area contributed by atoms with Crippen molar-refractivity contribution in [2.45, 2.75) is 49.1 Å². The number of benzene rings is 1. The van der Waals surface area contributed by atoms with Crippen LogP contribution in [0.4, 0.5) is 0 Å². The highest BCUT2D eigenvalue weighted by Gasteiger charge is 2.20. The molecule has 3 aromatic rings. The van der Waals surface area contributed by atoms with Gasteiger partial charge in [0.05, 0.1) is 13.2 Å². The van der Waals surface area contributed by atoms with Crippen LogP contribution in [0.2, 0.25) is 0 Å². The van der Waals surface area contributed by atoms with Gasteiger partial charge in [-0.2, -0.15) is 0 Å². The topological polar surface area (TPSA) is 83.0 Å². The molecule has 0 bridgehead atoms. The molecule has 1 aromatic carbocycles. The minimum atomic E-state index is -0.367. The van der Waals surface area contributed by atoms with Gasteiger partial charge < -0.3 is 9.15 Å². The fourth-order valence-electron chi connectivity index (χ4n) is 3.43. The van der Waals surface area contributed by atoms with Crippen LogP contribution in [0, 0.1) is 0 Å². The first-order valence-electron chi connectivity index (χ1n) is 8.76. The van der Waals surface area contributed by atoms with E-state index in [1.807, 2.05) is 16.8 Å². The second-order valence-corrected chi connectivity index (χ2v) is 7.38. The van der Waals surface area contributed by atoms with Crippen molar-refractivity contribution < 1.29 is 9.15 Å². The fourth-order valence-corrected chi connectivity index (χ4v) is 4.37. The Hall–Kier alpha value is -2.35. The Morgan fingerprint density at radius 3 is 2.92 bits per heavy atom. The monoisotopic (exact) mass is 372 g/mol. The summed E-state index contributed by atoms with van der Waals surface area (Å²) in [7, 11) is 1.59. The Bertz CT molecular complexity index is 962. The van der Waals surface area contributed by atoms with E-state index in [0.29, 0.717) is 23.1 Å². The molecular formula is C18H20N4O3S. The molecule has 1 aliphatic carbocycles. The van der Waals surface area contributed by atoms with Crippen molar-refractivity contribution in [1.82, 2.24) is 20.2 Å². The maximum absolute atomic E-state index is 11.9. The molecule has 2 heterocycles. The molecule has 0 unspecified atom stereocenters. The number of tetrazole rings is 1. The van der Waals surface area contributed by atoms with Crippen LogP contribution in [0.5, 0.6) is 5.75 Å². The number of fused-ring (bicyclic) bond motifs is 1. The van der Waals surface area contributed by atoms with Crippen molar-refractivity contribution in [2.75, 3.05) is 7.11 Å². The average molecular weight is 372 g/mol. The molecule has 0 spiro atoms. The van der Waals surface area contributed by atoms with Crippen LogP contribution in [0.15, 0.2) is 38.6 Å². The van der Waals surface area contributed by atoms with Crippen molar-refractivity contribution in [3.8, 4) is 5.75 Å². The minimum absolute atomic E-state index is 0.367. The van der Waals surface area contributed by atoms with E-state index in [0.717, 1.165) is 28.9 Å². The molecule has 0 N–H and O–H groups in total. The predicted molar refractivity (Wildman–Crippen MR) is 98.5 cm³/mol. The average Bonchev–Trinajstić information content (AvgIpc) is 3.14. The Morgan fingerprint density at radius 1 is 1.27 bits per heavy atom. The Kier molecular flexibility index (Phi) is 4.92. The van der Waals surface area contributed by atoms with E-state index in [4.69, 9.17) is 9.15 Å². The summed E-state index contributed by atoms with van der Waals surface area (Å²) >= 11 is 1.55. The first kappa shape index (κ1) is 17.1. The van der Waals surface area contributed by atoms with Gasteiger partial charge >= 0.3 is 5.63 Å². The quantitative estimate of drug-likeness (QED) is 0.500. The first-order valence-corrected chi connectivity index (χ1v) is 9.74.